The molecule has 0 saturated carbocycles. The van der Waals surface area contributed by atoms with E-state index < -0.39 is 53.3 Å². The fourth-order valence-corrected chi connectivity index (χ4v) is 3.09. The van der Waals surface area contributed by atoms with Crippen LogP contribution in [0.5, 0.6) is 11.6 Å². The molecule has 0 radical (unpaired) electrons. The van der Waals surface area contributed by atoms with Gasteiger partial charge in [-0.3, -0.25) is 14.6 Å². The van der Waals surface area contributed by atoms with E-state index in [4.69, 9.17) is 29.8 Å². The lowest BCUT2D eigenvalue weighted by molar-refractivity contribution is 0.432. The zero-order chi connectivity index (χ0) is 26.5. The van der Waals surface area contributed by atoms with E-state index in [0.717, 1.165) is 13.0 Å². The van der Waals surface area contributed by atoms with Gasteiger partial charge in [-0.05, 0) is 41.8 Å². The molecular weight excluding hydrogens is 468 g/mol. The van der Waals surface area contributed by atoms with Crippen LogP contribution in [0.2, 0.25) is 5.02 Å². The second-order valence-corrected chi connectivity index (χ2v) is 6.76. The summed E-state index contributed by atoms with van der Waals surface area (Å²) >= 11 is 9.43. The average molecular weight is 486 g/mol. The molecule has 0 amide bonds. The standard InChI is InChI=1S/C17H12BrClN6O4/c1-7-8(2)16(27)24(3)23-15(7)29-13-10(18)4-9(5-11(13)19)25-17(28)21-14(26)12(6-20)22-25/h4-5H,1-3H3,(H,21,26,28)/i1D3,3D3. The molecular formula is C17H12BrClN6O4. The van der Waals surface area contributed by atoms with Crippen LogP contribution in [0, 0.1) is 25.1 Å². The summed E-state index contributed by atoms with van der Waals surface area (Å²) in [7, 11) is 0. The molecule has 148 valence electrons. The number of hydrogen-bond acceptors (Lipinski definition) is 7. The number of aromatic amines is 1. The summed E-state index contributed by atoms with van der Waals surface area (Å²) < 4.78 is 52.2. The van der Waals surface area contributed by atoms with Crippen molar-refractivity contribution < 1.29 is 13.0 Å². The first-order valence-electron chi connectivity index (χ1n) is 10.5. The Bertz CT molecular complexity index is 1550. The first-order chi connectivity index (χ1) is 16.1. The first kappa shape index (κ1) is 13.9. The van der Waals surface area contributed by atoms with Gasteiger partial charge in [0.25, 0.3) is 11.1 Å². The van der Waals surface area contributed by atoms with Crippen LogP contribution in [0.15, 0.2) is 31.0 Å². The van der Waals surface area contributed by atoms with Crippen LogP contribution < -0.4 is 21.5 Å². The lowest BCUT2D eigenvalue weighted by Crippen LogP contribution is -2.33. The predicted octanol–water partition coefficient (Wildman–Crippen LogP) is 1.71. The maximum atomic E-state index is 12.4. The molecule has 0 saturated heterocycles. The second-order valence-electron chi connectivity index (χ2n) is 5.49. The van der Waals surface area contributed by atoms with Gasteiger partial charge in [0.05, 0.1) is 15.2 Å². The number of benzene rings is 1. The summed E-state index contributed by atoms with van der Waals surface area (Å²) in [5, 5.41) is 16.0. The lowest BCUT2D eigenvalue weighted by atomic mass is 10.2. The molecule has 12 heteroatoms. The molecule has 3 rings (SSSR count). The molecule has 0 aliphatic heterocycles. The molecule has 0 bridgehead atoms. The van der Waals surface area contributed by atoms with Crippen LogP contribution in [0.1, 0.15) is 25.0 Å². The van der Waals surface area contributed by atoms with Crippen LogP contribution in [-0.2, 0) is 6.98 Å². The Hall–Kier alpha value is -3.23. The number of nitrogens with zero attached hydrogens (tertiary/aromatic N) is 5. The molecule has 0 atom stereocenters. The van der Waals surface area contributed by atoms with Crippen molar-refractivity contribution >= 4 is 27.5 Å². The van der Waals surface area contributed by atoms with Gasteiger partial charge >= 0.3 is 5.69 Å². The van der Waals surface area contributed by atoms with Crippen molar-refractivity contribution in [3.63, 3.8) is 0 Å². The minimum Gasteiger partial charge on any atom is -0.435 e. The number of aryl methyl sites for hydroxylation is 1. The lowest BCUT2D eigenvalue weighted by Gasteiger charge is -2.14. The Balaban J connectivity index is 2.22. The van der Waals surface area contributed by atoms with Gasteiger partial charge in [0, 0.05) is 26.3 Å². The third-order valence-corrected chi connectivity index (χ3v) is 4.52. The SMILES string of the molecule is [2H]C([2H])([2H])c1c(Oc2c(Cl)cc(-n3nc(C#N)c(=O)[nH]c3=O)cc2Br)nn(C([2H])([2H])[2H])c(=O)c1C. The summed E-state index contributed by atoms with van der Waals surface area (Å²) in [6.45, 7) is -4.81. The monoisotopic (exact) mass is 484 g/mol. The molecule has 2 aromatic heterocycles. The molecule has 1 aromatic carbocycles. The molecule has 0 spiro atoms. The van der Waals surface area contributed by atoms with E-state index in [0.29, 0.717) is 4.68 Å². The van der Waals surface area contributed by atoms with Gasteiger partial charge in [-0.1, -0.05) is 11.6 Å². The van der Waals surface area contributed by atoms with Crippen LogP contribution >= 0.6 is 27.5 Å². The highest BCUT2D eigenvalue weighted by Gasteiger charge is 2.17. The Morgan fingerprint density at radius 3 is 2.69 bits per heavy atom. The quantitative estimate of drug-likeness (QED) is 0.596. The van der Waals surface area contributed by atoms with Gasteiger partial charge in [-0.25, -0.2) is 9.48 Å². The Morgan fingerprint density at radius 2 is 2.07 bits per heavy atom. The summed E-state index contributed by atoms with van der Waals surface area (Å²) in [5.41, 5.74) is -4.74. The van der Waals surface area contributed by atoms with Crippen LogP contribution in [0.25, 0.3) is 5.69 Å². The molecule has 10 nitrogen and oxygen atoms in total. The van der Waals surface area contributed by atoms with Gasteiger partial charge in [0.1, 0.15) is 6.07 Å². The number of halogens is 2. The van der Waals surface area contributed by atoms with E-state index in [2.05, 4.69) is 26.1 Å². The van der Waals surface area contributed by atoms with E-state index in [1.807, 2.05) is 4.98 Å². The summed E-state index contributed by atoms with van der Waals surface area (Å²) in [4.78, 5) is 38.1. The molecule has 2 heterocycles. The van der Waals surface area contributed by atoms with Crippen molar-refractivity contribution in [2.24, 2.45) is 6.98 Å². The zero-order valence-electron chi connectivity index (χ0n) is 20.3. The maximum absolute atomic E-state index is 12.4. The number of nitrogens with one attached hydrogen (secondary N) is 1. The highest BCUT2D eigenvalue weighted by Crippen LogP contribution is 2.38. The molecule has 0 aliphatic rings. The second kappa shape index (κ2) is 7.65. The number of rotatable bonds is 3. The van der Waals surface area contributed by atoms with Crippen molar-refractivity contribution in [1.29, 1.82) is 5.26 Å². The van der Waals surface area contributed by atoms with Crippen LogP contribution in [0.3, 0.4) is 0 Å². The largest absolute Gasteiger partial charge is 0.435 e. The van der Waals surface area contributed by atoms with Crippen molar-refractivity contribution in [3.05, 3.63) is 69.6 Å². The van der Waals surface area contributed by atoms with E-state index in [9.17, 15) is 14.4 Å². The Labute approximate surface area is 184 Å². The molecule has 3 aromatic rings. The molecule has 1 N–H and O–H groups in total. The van der Waals surface area contributed by atoms with Crippen molar-refractivity contribution in [2.75, 3.05) is 0 Å². The fourth-order valence-electron chi connectivity index (χ4n) is 2.20. The van der Waals surface area contributed by atoms with Crippen molar-refractivity contribution in [2.45, 2.75) is 13.8 Å². The average Bonchev–Trinajstić information content (AvgIpc) is 2.71. The third-order valence-electron chi connectivity index (χ3n) is 3.65. The molecule has 0 unspecified atom stereocenters. The number of nitriles is 1. The van der Waals surface area contributed by atoms with Crippen molar-refractivity contribution in [1.82, 2.24) is 24.5 Å². The highest BCUT2D eigenvalue weighted by molar-refractivity contribution is 9.10. The minimum atomic E-state index is -3.03. The zero-order valence-corrected chi connectivity index (χ0v) is 16.6. The topological polar surface area (TPSA) is 136 Å². The number of hydrogen-bond donors (Lipinski definition) is 1. The first-order valence-corrected chi connectivity index (χ1v) is 8.69. The summed E-state index contributed by atoms with van der Waals surface area (Å²) in [5.74, 6) is -0.943. The van der Waals surface area contributed by atoms with Gasteiger partial charge in [0.15, 0.2) is 5.75 Å². The summed E-state index contributed by atoms with van der Waals surface area (Å²) in [6.07, 6.45) is 0. The number of ether oxygens (including phenoxy) is 1. The number of H-pyrrole nitrogens is 1. The fraction of sp³-hybridized carbons (Fsp3) is 0.176. The predicted molar refractivity (Wildman–Crippen MR) is 107 cm³/mol. The Morgan fingerprint density at radius 1 is 1.31 bits per heavy atom. The molecule has 29 heavy (non-hydrogen) atoms. The summed E-state index contributed by atoms with van der Waals surface area (Å²) in [6, 6.07) is 3.93. The highest BCUT2D eigenvalue weighted by atomic mass is 79.9. The Kier molecular flexibility index (Phi) is 3.66. The number of aromatic nitrogens is 5. The van der Waals surface area contributed by atoms with E-state index in [1.54, 1.807) is 0 Å². The smallest absolute Gasteiger partial charge is 0.349 e. The van der Waals surface area contributed by atoms with E-state index in [-0.39, 0.29) is 25.6 Å². The minimum absolute atomic E-state index is 0.0142. The van der Waals surface area contributed by atoms with E-state index >= 15 is 0 Å². The van der Waals surface area contributed by atoms with Gasteiger partial charge in [0.2, 0.25) is 11.6 Å². The van der Waals surface area contributed by atoms with Crippen LogP contribution in [-0.4, -0.2) is 24.5 Å². The van der Waals surface area contributed by atoms with E-state index in [1.165, 1.54) is 12.1 Å². The van der Waals surface area contributed by atoms with Gasteiger partial charge in [-0.15, -0.1) is 10.2 Å². The maximum Gasteiger partial charge on any atom is 0.349 e. The van der Waals surface area contributed by atoms with Crippen molar-refractivity contribution in [3.8, 4) is 23.4 Å². The molecule has 0 aliphatic carbocycles. The molecule has 0 fully saturated rings. The normalized spacial score (nSPS) is 14.6. The van der Waals surface area contributed by atoms with Gasteiger partial charge < -0.3 is 4.74 Å². The van der Waals surface area contributed by atoms with Crippen LogP contribution in [0.4, 0.5) is 0 Å². The van der Waals surface area contributed by atoms with Gasteiger partial charge in [-0.2, -0.15) is 9.94 Å². The third kappa shape index (κ3) is 3.72.